The molecule has 7 heteroatoms. The van der Waals surface area contributed by atoms with E-state index in [0.29, 0.717) is 0 Å². The molecule has 3 aliphatic rings. The van der Waals surface area contributed by atoms with Gasteiger partial charge in [-0.05, 0) is 0 Å². The van der Waals surface area contributed by atoms with E-state index in [1.807, 2.05) is 36.4 Å². The van der Waals surface area contributed by atoms with Gasteiger partial charge in [0.1, 0.15) is 0 Å². The van der Waals surface area contributed by atoms with Gasteiger partial charge >= 0.3 is 287 Å². The van der Waals surface area contributed by atoms with Gasteiger partial charge in [-0.2, -0.15) is 0 Å². The zero-order valence-electron chi connectivity index (χ0n) is 26.2. The van der Waals surface area contributed by atoms with Crippen molar-refractivity contribution < 1.29 is 42.4 Å². The average Bonchev–Trinajstić information content (AvgIpc) is 3.66. The third-order valence-electron chi connectivity index (χ3n) is 10.2. The number of carbonyl (C=O) groups excluding carboxylic acids is 2. The van der Waals surface area contributed by atoms with Crippen LogP contribution in [0.5, 0.6) is 0 Å². The molecular weight excluding hydrogens is 654 g/mol. The molecule has 6 aromatic carbocycles. The van der Waals surface area contributed by atoms with E-state index in [4.69, 9.17) is 6.64 Å². The van der Waals surface area contributed by atoms with Gasteiger partial charge in [-0.1, -0.05) is 0 Å². The van der Waals surface area contributed by atoms with Gasteiger partial charge in [0.15, 0.2) is 0 Å². The van der Waals surface area contributed by atoms with Crippen molar-refractivity contribution in [3.05, 3.63) is 190 Å². The number of benzene rings is 6. The Bertz CT molecular complexity index is 2150. The van der Waals surface area contributed by atoms with Gasteiger partial charge in [0, 0.05) is 0 Å². The molecule has 2 aliphatic carbocycles. The molecule has 0 spiro atoms. The molecule has 1 heterocycles. The number of aryl methyl sites for hydroxylation is 2. The molecule has 0 aromatic heterocycles. The van der Waals surface area contributed by atoms with E-state index in [1.165, 1.54) is 48.5 Å². The molecule has 0 N–H and O–H groups in total. The van der Waals surface area contributed by atoms with E-state index in [-0.39, 0.29) is 11.1 Å². The first-order valence-corrected chi connectivity index (χ1v) is 19.4. The molecular formula is C42H28F2O4Ti. The molecule has 0 saturated carbocycles. The third-order valence-corrected chi connectivity index (χ3v) is 16.2. The van der Waals surface area contributed by atoms with Gasteiger partial charge in [-0.25, -0.2) is 0 Å². The third kappa shape index (κ3) is 4.66. The quantitative estimate of drug-likeness (QED) is 0.174. The maximum atomic E-state index is 14.5. The number of halogens is 2. The molecule has 0 saturated heterocycles. The standard InChI is InChI=1S/C28H20.2C7H5FO2.Ti/c1-3-11-23-21(7-1)17-27-19(9-5-13-25(23)27)15-16-20-10-6-14-26-24-12-4-2-8-22(24)18-28(20)26;2*8-6-3-1-5(2-4-6)7(9)10;/h1-14,17-18H,15-16H2;2*1-4H,(H,9,10);/q;;;+2/p-2. The van der Waals surface area contributed by atoms with Crippen molar-refractivity contribution in [1.82, 2.24) is 0 Å². The van der Waals surface area contributed by atoms with E-state index < -0.39 is 49.4 Å². The zero-order chi connectivity index (χ0) is 33.3. The van der Waals surface area contributed by atoms with E-state index >= 15 is 0 Å². The fourth-order valence-electron chi connectivity index (χ4n) is 8.22. The van der Waals surface area contributed by atoms with Crippen molar-refractivity contribution in [2.75, 3.05) is 0 Å². The number of fused-ring (bicyclic) bond motifs is 6. The zero-order valence-corrected chi connectivity index (χ0v) is 27.7. The Morgan fingerprint density at radius 1 is 0.490 bits per heavy atom. The van der Waals surface area contributed by atoms with Gasteiger partial charge in [0.25, 0.3) is 0 Å². The molecule has 2 atom stereocenters. The first kappa shape index (κ1) is 29.9. The SMILES string of the molecule is O=C([O][Ti]1([O]C(=O)c2ccc(F)cc2)[CH]2c3ccccc3-c3cccc(c32)CCc2cccc3c2[CH]1c1ccccc1-3)c1ccc(F)cc1. The van der Waals surface area contributed by atoms with E-state index in [1.54, 1.807) is 0 Å². The van der Waals surface area contributed by atoms with Gasteiger partial charge in [0.05, 0.1) is 0 Å². The maximum absolute atomic E-state index is 14.5. The number of carbonyl (C=O) groups is 2. The molecule has 2 unspecified atom stereocenters. The van der Waals surface area contributed by atoms with Crippen molar-refractivity contribution in [1.29, 1.82) is 0 Å². The van der Waals surface area contributed by atoms with Gasteiger partial charge in [-0.3, -0.25) is 0 Å². The van der Waals surface area contributed by atoms with Crippen molar-refractivity contribution in [3.63, 3.8) is 0 Å². The van der Waals surface area contributed by atoms with Crippen LogP contribution in [0.15, 0.2) is 133 Å². The van der Waals surface area contributed by atoms with Crippen LogP contribution in [-0.2, 0) is 36.8 Å². The second kappa shape index (κ2) is 11.5. The summed E-state index contributed by atoms with van der Waals surface area (Å²) < 4.78 is 41.1. The van der Waals surface area contributed by atoms with Crippen molar-refractivity contribution in [2.24, 2.45) is 0 Å². The molecule has 238 valence electrons. The molecule has 1 aliphatic heterocycles. The molecule has 6 aromatic rings. The van der Waals surface area contributed by atoms with Gasteiger partial charge in [0.2, 0.25) is 0 Å². The second-order valence-electron chi connectivity index (χ2n) is 12.8. The summed E-state index contributed by atoms with van der Waals surface area (Å²) in [5.41, 5.74) is 10.5. The summed E-state index contributed by atoms with van der Waals surface area (Å²) in [5.74, 6) is -2.33. The number of rotatable bonds is 4. The Labute approximate surface area is 286 Å². The molecule has 0 bridgehead atoms. The fraction of sp³-hybridized carbons (Fsp3) is 0.0952. The molecule has 49 heavy (non-hydrogen) atoms. The van der Waals surface area contributed by atoms with Crippen LogP contribution in [0.3, 0.4) is 0 Å². The minimum atomic E-state index is -5.19. The average molecular weight is 683 g/mol. The van der Waals surface area contributed by atoms with Crippen LogP contribution in [0, 0.1) is 11.6 Å². The Kier molecular flexibility index (Phi) is 7.01. The number of hydrogen-bond donors (Lipinski definition) is 0. The normalized spacial score (nSPS) is 17.3. The Hall–Kier alpha value is -5.17. The van der Waals surface area contributed by atoms with Gasteiger partial charge < -0.3 is 0 Å². The molecule has 0 fully saturated rings. The van der Waals surface area contributed by atoms with Crippen LogP contribution in [0.2, 0.25) is 0 Å². The summed E-state index contributed by atoms with van der Waals surface area (Å²) in [4.78, 5) is 29.1. The Morgan fingerprint density at radius 2 is 0.878 bits per heavy atom. The first-order valence-electron chi connectivity index (χ1n) is 16.3. The summed E-state index contributed by atoms with van der Waals surface area (Å²) >= 11 is -5.19. The van der Waals surface area contributed by atoms with Crippen molar-refractivity contribution in [2.45, 2.75) is 21.3 Å². The Morgan fingerprint density at radius 3 is 1.31 bits per heavy atom. The second-order valence-corrected chi connectivity index (χ2v) is 17.5. The molecule has 4 nitrogen and oxygen atoms in total. The van der Waals surface area contributed by atoms with Gasteiger partial charge in [-0.15, -0.1) is 0 Å². The first-order chi connectivity index (χ1) is 23.9. The van der Waals surface area contributed by atoms with Crippen LogP contribution < -0.4 is 0 Å². The minimum absolute atomic E-state index is 0.156. The summed E-state index contributed by atoms with van der Waals surface area (Å²) in [5, 5.41) is 0. The summed E-state index contributed by atoms with van der Waals surface area (Å²) in [6.45, 7) is 0. The molecule has 0 amide bonds. The number of hydrogen-bond acceptors (Lipinski definition) is 4. The topological polar surface area (TPSA) is 52.6 Å². The van der Waals surface area contributed by atoms with E-state index in [2.05, 4.69) is 48.5 Å². The van der Waals surface area contributed by atoms with Crippen LogP contribution in [0.1, 0.15) is 62.5 Å². The molecule has 9 rings (SSSR count). The van der Waals surface area contributed by atoms with Crippen molar-refractivity contribution in [3.8, 4) is 22.3 Å². The predicted octanol–water partition coefficient (Wildman–Crippen LogP) is 9.60. The van der Waals surface area contributed by atoms with Crippen LogP contribution in [0.25, 0.3) is 22.3 Å². The summed E-state index contributed by atoms with van der Waals surface area (Å²) in [7, 11) is 0. The summed E-state index contributed by atoms with van der Waals surface area (Å²) in [6, 6.07) is 39.2. The summed E-state index contributed by atoms with van der Waals surface area (Å²) in [6.07, 6.45) is 1.48. The van der Waals surface area contributed by atoms with Crippen molar-refractivity contribution >= 4 is 11.9 Å². The molecule has 0 radical (unpaired) electrons. The van der Waals surface area contributed by atoms with E-state index in [0.717, 1.165) is 68.5 Å². The van der Waals surface area contributed by atoms with Crippen LogP contribution >= 0.6 is 0 Å². The van der Waals surface area contributed by atoms with Crippen LogP contribution in [0.4, 0.5) is 8.78 Å². The van der Waals surface area contributed by atoms with E-state index in [9.17, 15) is 18.4 Å². The Balaban J connectivity index is 1.39. The predicted molar refractivity (Wildman–Crippen MR) is 178 cm³/mol. The van der Waals surface area contributed by atoms with Crippen LogP contribution in [-0.4, -0.2) is 11.9 Å². The fourth-order valence-corrected chi connectivity index (χ4v) is 15.3. The monoisotopic (exact) mass is 682 g/mol.